The second-order valence-electron chi connectivity index (χ2n) is 6.15. The fraction of sp³-hybridized carbons (Fsp3) is 0.706. The minimum atomic E-state index is 0.779. The smallest absolute Gasteiger partial charge is 0.225 e. The highest BCUT2D eigenvalue weighted by atomic mass is 16.5. The van der Waals surface area contributed by atoms with Gasteiger partial charge in [-0.2, -0.15) is 0 Å². The van der Waals surface area contributed by atoms with Crippen LogP contribution in [0, 0.1) is 0 Å². The van der Waals surface area contributed by atoms with Crippen LogP contribution in [0.4, 0.5) is 5.95 Å². The Morgan fingerprint density at radius 3 is 2.60 bits per heavy atom. The van der Waals surface area contributed by atoms with Gasteiger partial charge in [0.15, 0.2) is 5.96 Å². The van der Waals surface area contributed by atoms with Crippen LogP contribution in [-0.4, -0.2) is 99.4 Å². The predicted octanol–water partition coefficient (Wildman–Crippen LogP) is 0.142. The molecule has 1 saturated heterocycles. The highest BCUT2D eigenvalue weighted by molar-refractivity contribution is 5.80. The Morgan fingerprint density at radius 2 is 1.96 bits per heavy atom. The van der Waals surface area contributed by atoms with Crippen molar-refractivity contribution >= 4 is 11.9 Å². The molecule has 1 aliphatic rings. The fourth-order valence-electron chi connectivity index (χ4n) is 2.81. The van der Waals surface area contributed by atoms with Crippen molar-refractivity contribution in [1.82, 2.24) is 25.1 Å². The van der Waals surface area contributed by atoms with Gasteiger partial charge in [0.1, 0.15) is 0 Å². The molecule has 0 spiro atoms. The van der Waals surface area contributed by atoms with E-state index in [2.05, 4.69) is 42.0 Å². The molecule has 8 nitrogen and oxygen atoms in total. The van der Waals surface area contributed by atoms with Crippen LogP contribution in [0.2, 0.25) is 0 Å². The van der Waals surface area contributed by atoms with Crippen LogP contribution >= 0.6 is 0 Å². The summed E-state index contributed by atoms with van der Waals surface area (Å²) in [6.45, 7) is 7.38. The molecule has 2 heterocycles. The molecule has 1 aliphatic heterocycles. The van der Waals surface area contributed by atoms with E-state index < -0.39 is 0 Å². The van der Waals surface area contributed by atoms with E-state index in [4.69, 9.17) is 4.74 Å². The van der Waals surface area contributed by atoms with Gasteiger partial charge in [-0.1, -0.05) is 0 Å². The Labute approximate surface area is 150 Å². The number of methoxy groups -OCH3 is 1. The maximum atomic E-state index is 5.10. The number of ether oxygens (including phenoxy) is 1. The van der Waals surface area contributed by atoms with Crippen molar-refractivity contribution in [1.29, 1.82) is 0 Å². The number of aromatic nitrogens is 2. The number of piperazine rings is 1. The zero-order chi connectivity index (χ0) is 17.9. The van der Waals surface area contributed by atoms with Gasteiger partial charge in [0.05, 0.1) is 6.61 Å². The molecule has 0 atom stereocenters. The van der Waals surface area contributed by atoms with Gasteiger partial charge < -0.3 is 24.8 Å². The number of likely N-dealkylation sites (N-methyl/N-ethyl adjacent to an activating group) is 1. The molecule has 0 aromatic carbocycles. The average Bonchev–Trinajstić information content (AvgIpc) is 2.67. The first-order valence-corrected chi connectivity index (χ1v) is 8.89. The SMILES string of the molecule is CN=C(NCCCN(C)CCOC)N1CCN(c2ncccn2)CC1. The van der Waals surface area contributed by atoms with Crippen LogP contribution in [0.1, 0.15) is 6.42 Å². The van der Waals surface area contributed by atoms with Crippen LogP contribution in [0.3, 0.4) is 0 Å². The van der Waals surface area contributed by atoms with E-state index in [0.717, 1.165) is 70.7 Å². The summed E-state index contributed by atoms with van der Waals surface area (Å²) in [6, 6.07) is 1.85. The van der Waals surface area contributed by atoms with E-state index in [9.17, 15) is 0 Å². The molecule has 0 saturated carbocycles. The van der Waals surface area contributed by atoms with Crippen molar-refractivity contribution in [2.75, 3.05) is 78.5 Å². The largest absolute Gasteiger partial charge is 0.383 e. The van der Waals surface area contributed by atoms with Crippen LogP contribution in [0.25, 0.3) is 0 Å². The molecule has 1 fully saturated rings. The Hall–Kier alpha value is -1.93. The number of anilines is 1. The molecule has 2 rings (SSSR count). The molecule has 0 bridgehead atoms. The normalized spacial score (nSPS) is 15.8. The van der Waals surface area contributed by atoms with Crippen molar-refractivity contribution in [2.24, 2.45) is 4.99 Å². The van der Waals surface area contributed by atoms with Crippen molar-refractivity contribution in [3.8, 4) is 0 Å². The van der Waals surface area contributed by atoms with Gasteiger partial charge in [-0.05, 0) is 26.1 Å². The quantitative estimate of drug-likeness (QED) is 0.407. The molecule has 0 amide bonds. The van der Waals surface area contributed by atoms with E-state index >= 15 is 0 Å². The maximum absolute atomic E-state index is 5.10. The second kappa shape index (κ2) is 10.8. The van der Waals surface area contributed by atoms with Crippen LogP contribution in [-0.2, 0) is 4.74 Å². The third kappa shape index (κ3) is 6.47. The summed E-state index contributed by atoms with van der Waals surface area (Å²) in [7, 11) is 5.71. The Morgan fingerprint density at radius 1 is 1.24 bits per heavy atom. The van der Waals surface area contributed by atoms with Crippen molar-refractivity contribution in [3.63, 3.8) is 0 Å². The zero-order valence-corrected chi connectivity index (χ0v) is 15.7. The van der Waals surface area contributed by atoms with E-state index in [1.54, 1.807) is 19.5 Å². The Bertz CT molecular complexity index is 503. The summed E-state index contributed by atoms with van der Waals surface area (Å²) in [6.07, 6.45) is 4.66. The van der Waals surface area contributed by atoms with Gasteiger partial charge in [0.2, 0.25) is 5.95 Å². The van der Waals surface area contributed by atoms with Gasteiger partial charge in [0.25, 0.3) is 0 Å². The number of aliphatic imine (C=N–C) groups is 1. The fourth-order valence-corrected chi connectivity index (χ4v) is 2.81. The number of guanidine groups is 1. The number of rotatable bonds is 8. The lowest BCUT2D eigenvalue weighted by Gasteiger charge is -2.36. The van der Waals surface area contributed by atoms with E-state index in [1.165, 1.54) is 0 Å². The van der Waals surface area contributed by atoms with Gasteiger partial charge in [-0.3, -0.25) is 4.99 Å². The molecule has 140 valence electrons. The van der Waals surface area contributed by atoms with Crippen molar-refractivity contribution in [3.05, 3.63) is 18.5 Å². The third-order valence-corrected chi connectivity index (χ3v) is 4.30. The lowest BCUT2D eigenvalue weighted by atomic mass is 10.3. The van der Waals surface area contributed by atoms with Gasteiger partial charge in [-0.15, -0.1) is 0 Å². The first-order valence-electron chi connectivity index (χ1n) is 8.89. The predicted molar refractivity (Wildman–Crippen MR) is 101 cm³/mol. The van der Waals surface area contributed by atoms with Gasteiger partial charge in [0, 0.05) is 65.8 Å². The summed E-state index contributed by atoms with van der Waals surface area (Å²) < 4.78 is 5.10. The summed E-state index contributed by atoms with van der Waals surface area (Å²) in [5.74, 6) is 1.79. The summed E-state index contributed by atoms with van der Waals surface area (Å²) >= 11 is 0. The summed E-state index contributed by atoms with van der Waals surface area (Å²) in [5.41, 5.74) is 0. The Balaban J connectivity index is 1.68. The summed E-state index contributed by atoms with van der Waals surface area (Å²) in [4.78, 5) is 19.9. The molecule has 0 unspecified atom stereocenters. The number of hydrogen-bond acceptors (Lipinski definition) is 6. The highest BCUT2D eigenvalue weighted by Gasteiger charge is 2.20. The number of hydrogen-bond donors (Lipinski definition) is 1. The standard InChI is InChI=1S/C17H31N7O/c1-18-16(19-8-5-9-22(2)14-15-25-3)23-10-12-24(13-11-23)17-20-6-4-7-21-17/h4,6-7H,5,8-15H2,1-3H3,(H,18,19). The minimum absolute atomic E-state index is 0.779. The van der Waals surface area contributed by atoms with E-state index in [-0.39, 0.29) is 0 Å². The zero-order valence-electron chi connectivity index (χ0n) is 15.7. The lowest BCUT2D eigenvalue weighted by molar-refractivity contribution is 0.161. The van der Waals surface area contributed by atoms with Gasteiger partial charge >= 0.3 is 0 Å². The van der Waals surface area contributed by atoms with Crippen LogP contribution in [0.5, 0.6) is 0 Å². The number of nitrogens with one attached hydrogen (secondary N) is 1. The van der Waals surface area contributed by atoms with E-state index in [1.807, 2.05) is 13.1 Å². The van der Waals surface area contributed by atoms with Crippen molar-refractivity contribution < 1.29 is 4.74 Å². The Kier molecular flexibility index (Phi) is 8.41. The summed E-state index contributed by atoms with van der Waals surface area (Å²) in [5, 5.41) is 3.47. The molecular formula is C17H31N7O. The van der Waals surface area contributed by atoms with Crippen LogP contribution < -0.4 is 10.2 Å². The molecule has 1 aromatic heterocycles. The number of nitrogens with zero attached hydrogens (tertiary/aromatic N) is 6. The maximum Gasteiger partial charge on any atom is 0.225 e. The molecule has 25 heavy (non-hydrogen) atoms. The topological polar surface area (TPSA) is 69.1 Å². The molecule has 8 heteroatoms. The van der Waals surface area contributed by atoms with Gasteiger partial charge in [-0.25, -0.2) is 9.97 Å². The average molecular weight is 349 g/mol. The lowest BCUT2D eigenvalue weighted by Crippen LogP contribution is -2.53. The van der Waals surface area contributed by atoms with Crippen LogP contribution in [0.15, 0.2) is 23.5 Å². The monoisotopic (exact) mass is 349 g/mol. The highest BCUT2D eigenvalue weighted by Crippen LogP contribution is 2.09. The van der Waals surface area contributed by atoms with E-state index in [0.29, 0.717) is 0 Å². The third-order valence-electron chi connectivity index (χ3n) is 4.30. The minimum Gasteiger partial charge on any atom is -0.383 e. The first-order chi connectivity index (χ1) is 12.2. The molecule has 1 N–H and O–H groups in total. The first kappa shape index (κ1) is 19.4. The van der Waals surface area contributed by atoms with Crippen molar-refractivity contribution in [2.45, 2.75) is 6.42 Å². The molecule has 0 radical (unpaired) electrons. The second-order valence-corrected chi connectivity index (χ2v) is 6.15. The molecular weight excluding hydrogens is 318 g/mol. The molecule has 0 aliphatic carbocycles. The molecule has 1 aromatic rings.